The van der Waals surface area contributed by atoms with E-state index in [4.69, 9.17) is 58.0 Å². The van der Waals surface area contributed by atoms with Crippen LogP contribution in [0.15, 0.2) is 9.29 Å². The van der Waals surface area contributed by atoms with Gasteiger partial charge in [-0.15, -0.1) is 4.40 Å². The summed E-state index contributed by atoms with van der Waals surface area (Å²) >= 11 is 28.8. The molecule has 0 atom stereocenters. The Morgan fingerprint density at radius 1 is 0.812 bits per heavy atom. The van der Waals surface area contributed by atoms with Crippen molar-refractivity contribution < 1.29 is 8.42 Å². The lowest BCUT2D eigenvalue weighted by Gasteiger charge is -2.07. The van der Waals surface area contributed by atoms with Gasteiger partial charge in [-0.05, 0) is 0 Å². The van der Waals surface area contributed by atoms with E-state index in [9.17, 15) is 8.42 Å². The summed E-state index contributed by atoms with van der Waals surface area (Å²) in [6.07, 6.45) is 0. The molecule has 1 aliphatic rings. The van der Waals surface area contributed by atoms with Crippen LogP contribution >= 0.6 is 58.0 Å². The highest BCUT2D eigenvalue weighted by Gasteiger charge is 2.36. The van der Waals surface area contributed by atoms with Gasteiger partial charge in [0.25, 0.3) is 10.0 Å². The van der Waals surface area contributed by atoms with E-state index in [1.54, 1.807) is 0 Å². The van der Waals surface area contributed by atoms with E-state index >= 15 is 0 Å². The van der Waals surface area contributed by atoms with Crippen LogP contribution in [-0.2, 0) is 10.0 Å². The molecule has 1 aromatic carbocycles. The Bertz CT molecular complexity index is 637. The van der Waals surface area contributed by atoms with Crippen molar-refractivity contribution >= 4 is 73.2 Å². The molecule has 0 saturated carbocycles. The normalized spacial score (nSPS) is 17.2. The van der Waals surface area contributed by atoms with Crippen LogP contribution in [0.3, 0.4) is 0 Å². The fourth-order valence-corrected chi connectivity index (χ4v) is 4.33. The van der Waals surface area contributed by atoms with Gasteiger partial charge >= 0.3 is 0 Å². The summed E-state index contributed by atoms with van der Waals surface area (Å²) in [5, 5.41) is -0.790. The number of benzene rings is 1. The topological polar surface area (TPSA) is 46.5 Å². The molecule has 9 heteroatoms. The molecule has 1 aromatic rings. The molecule has 16 heavy (non-hydrogen) atoms. The van der Waals surface area contributed by atoms with Crippen molar-refractivity contribution in [2.75, 3.05) is 0 Å². The van der Waals surface area contributed by atoms with Crippen molar-refractivity contribution in [2.45, 2.75) is 4.90 Å². The minimum atomic E-state index is -3.95. The summed E-state index contributed by atoms with van der Waals surface area (Å²) in [6.45, 7) is 0. The third-order valence-corrected chi connectivity index (χ3v) is 5.52. The molecule has 1 heterocycles. The highest BCUT2D eigenvalue weighted by atomic mass is 35.5. The summed E-state index contributed by atoms with van der Waals surface area (Å²) in [5.74, 6) is 0. The highest BCUT2D eigenvalue weighted by Crippen LogP contribution is 2.46. The number of nitrogens with zero attached hydrogens (tertiary/aromatic N) is 1. The maximum atomic E-state index is 11.6. The standard InChI is InChI=1S/C7Cl5NO2S/c8-2-1-6(5(11)4(10)3(2)9)16(14,15)13-7(1)12. The predicted octanol–water partition coefficient (Wildman–Crippen LogP) is 3.99. The van der Waals surface area contributed by atoms with Crippen molar-refractivity contribution in [2.24, 2.45) is 4.40 Å². The molecule has 1 aliphatic heterocycles. The summed E-state index contributed by atoms with van der Waals surface area (Å²) in [6, 6.07) is 0. The molecule has 86 valence electrons. The Morgan fingerprint density at radius 2 is 1.31 bits per heavy atom. The Balaban J connectivity index is 3.04. The first-order valence-electron chi connectivity index (χ1n) is 3.64. The first-order valence-corrected chi connectivity index (χ1v) is 6.97. The van der Waals surface area contributed by atoms with Crippen LogP contribution in [0.2, 0.25) is 20.1 Å². The summed E-state index contributed by atoms with van der Waals surface area (Å²) in [5.41, 5.74) is -0.0114. The quantitative estimate of drug-likeness (QED) is 0.530. The van der Waals surface area contributed by atoms with Crippen molar-refractivity contribution in [1.82, 2.24) is 0 Å². The van der Waals surface area contributed by atoms with Gasteiger partial charge in [0.2, 0.25) is 0 Å². The van der Waals surface area contributed by atoms with E-state index < -0.39 is 10.0 Å². The van der Waals surface area contributed by atoms with Gasteiger partial charge in [0.05, 0.1) is 25.7 Å². The zero-order chi connectivity index (χ0) is 12.2. The van der Waals surface area contributed by atoms with Crippen molar-refractivity contribution in [3.05, 3.63) is 25.7 Å². The largest absolute Gasteiger partial charge is 0.286 e. The first kappa shape index (κ1) is 12.7. The molecule has 0 N–H and O–H groups in total. The van der Waals surface area contributed by atoms with Gasteiger partial charge in [0.15, 0.2) is 5.17 Å². The molecular formula is C7Cl5NO2S. The Labute approximate surface area is 116 Å². The average Bonchev–Trinajstić information content (AvgIpc) is 2.42. The Hall–Kier alpha value is 0.290. The minimum Gasteiger partial charge on any atom is -0.199 e. The van der Waals surface area contributed by atoms with Gasteiger partial charge in [-0.3, -0.25) is 0 Å². The van der Waals surface area contributed by atoms with Crippen LogP contribution in [-0.4, -0.2) is 13.6 Å². The maximum Gasteiger partial charge on any atom is 0.286 e. The fraction of sp³-hybridized carbons (Fsp3) is 0. The lowest BCUT2D eigenvalue weighted by atomic mass is 10.2. The molecule has 0 spiro atoms. The Kier molecular flexibility index (Phi) is 3.11. The minimum absolute atomic E-state index is 0.0114. The van der Waals surface area contributed by atoms with Gasteiger partial charge in [-0.1, -0.05) is 58.0 Å². The maximum absolute atomic E-state index is 11.6. The second-order valence-electron chi connectivity index (χ2n) is 2.82. The molecule has 0 radical (unpaired) electrons. The zero-order valence-electron chi connectivity index (χ0n) is 7.06. The lowest BCUT2D eigenvalue weighted by molar-refractivity contribution is 0.599. The molecule has 0 amide bonds. The number of fused-ring (bicyclic) bond motifs is 1. The van der Waals surface area contributed by atoms with E-state index in [0.717, 1.165) is 0 Å². The van der Waals surface area contributed by atoms with E-state index in [1.807, 2.05) is 0 Å². The molecule has 0 bridgehead atoms. The fourth-order valence-electron chi connectivity index (χ4n) is 1.23. The highest BCUT2D eigenvalue weighted by molar-refractivity contribution is 7.91. The van der Waals surface area contributed by atoms with Gasteiger partial charge in [0, 0.05) is 0 Å². The van der Waals surface area contributed by atoms with Crippen LogP contribution in [0.25, 0.3) is 0 Å². The molecule has 0 saturated heterocycles. The van der Waals surface area contributed by atoms with Crippen LogP contribution in [0.4, 0.5) is 0 Å². The van der Waals surface area contributed by atoms with E-state index in [2.05, 4.69) is 4.40 Å². The average molecular weight is 339 g/mol. The number of hydrogen-bond acceptors (Lipinski definition) is 2. The second-order valence-corrected chi connectivity index (χ2v) is 6.23. The second kappa shape index (κ2) is 3.90. The number of halogens is 5. The molecule has 0 aromatic heterocycles. The number of sulfonamides is 1. The van der Waals surface area contributed by atoms with E-state index in [0.29, 0.717) is 0 Å². The summed E-state index contributed by atoms with van der Waals surface area (Å²) < 4.78 is 26.4. The van der Waals surface area contributed by atoms with Gasteiger partial charge in [-0.2, -0.15) is 8.42 Å². The molecule has 0 fully saturated rings. The van der Waals surface area contributed by atoms with Gasteiger partial charge in [0.1, 0.15) is 4.90 Å². The van der Waals surface area contributed by atoms with Crippen molar-refractivity contribution in [3.63, 3.8) is 0 Å². The SMILES string of the molecule is O=S1(=O)N=C(Cl)c2c(Cl)c(Cl)c(Cl)c(Cl)c21. The molecular weight excluding hydrogens is 339 g/mol. The lowest BCUT2D eigenvalue weighted by Crippen LogP contribution is -1.98. The molecule has 0 aliphatic carbocycles. The third kappa shape index (κ3) is 1.64. The Morgan fingerprint density at radius 3 is 1.88 bits per heavy atom. The smallest absolute Gasteiger partial charge is 0.199 e. The first-order chi connectivity index (χ1) is 7.27. The van der Waals surface area contributed by atoms with Crippen LogP contribution in [0, 0.1) is 0 Å². The number of hydrogen-bond donors (Lipinski definition) is 0. The zero-order valence-corrected chi connectivity index (χ0v) is 11.7. The van der Waals surface area contributed by atoms with Crippen LogP contribution < -0.4 is 0 Å². The predicted molar refractivity (Wildman–Crippen MR) is 66.1 cm³/mol. The van der Waals surface area contributed by atoms with Gasteiger partial charge < -0.3 is 0 Å². The molecule has 2 rings (SSSR count). The number of rotatable bonds is 0. The monoisotopic (exact) mass is 337 g/mol. The summed E-state index contributed by atoms with van der Waals surface area (Å²) in [4.78, 5) is -0.307. The van der Waals surface area contributed by atoms with Crippen molar-refractivity contribution in [3.8, 4) is 0 Å². The summed E-state index contributed by atoms with van der Waals surface area (Å²) in [7, 11) is -3.95. The van der Waals surface area contributed by atoms with Crippen LogP contribution in [0.5, 0.6) is 0 Å². The third-order valence-electron chi connectivity index (χ3n) is 1.89. The van der Waals surface area contributed by atoms with Gasteiger partial charge in [-0.25, -0.2) is 0 Å². The molecule has 3 nitrogen and oxygen atoms in total. The van der Waals surface area contributed by atoms with Crippen molar-refractivity contribution in [1.29, 1.82) is 0 Å². The van der Waals surface area contributed by atoms with E-state index in [-0.39, 0.29) is 35.7 Å². The van der Waals surface area contributed by atoms with Crippen LogP contribution in [0.1, 0.15) is 5.56 Å². The van der Waals surface area contributed by atoms with E-state index in [1.165, 1.54) is 0 Å². The molecule has 0 unspecified atom stereocenters.